The highest BCUT2D eigenvalue weighted by Crippen LogP contribution is 2.27. The third-order valence-corrected chi connectivity index (χ3v) is 6.93. The van der Waals surface area contributed by atoms with Crippen LogP contribution in [0.1, 0.15) is 50.4 Å². The number of benzene rings is 1. The number of ether oxygens (including phenoxy) is 3. The number of hydrogen-bond donors (Lipinski definition) is 1. The molecule has 0 saturated carbocycles. The van der Waals surface area contributed by atoms with Gasteiger partial charge in [-0.25, -0.2) is 0 Å². The maximum Gasteiger partial charge on any atom is 0.257 e. The van der Waals surface area contributed by atoms with E-state index < -0.39 is 0 Å². The Hall–Kier alpha value is -2.65. The highest BCUT2D eigenvalue weighted by atomic mass is 16.5. The Morgan fingerprint density at radius 1 is 1.17 bits per heavy atom. The number of rotatable bonds is 4. The van der Waals surface area contributed by atoms with Gasteiger partial charge >= 0.3 is 0 Å². The van der Waals surface area contributed by atoms with Crippen LogP contribution in [0.25, 0.3) is 0 Å². The van der Waals surface area contributed by atoms with Gasteiger partial charge in [-0.15, -0.1) is 0 Å². The smallest absolute Gasteiger partial charge is 0.257 e. The number of fused-ring (bicyclic) bond motifs is 1. The summed E-state index contributed by atoms with van der Waals surface area (Å²) in [5, 5.41) is 2.95. The van der Waals surface area contributed by atoms with E-state index in [-0.39, 0.29) is 48.3 Å². The third kappa shape index (κ3) is 6.73. The zero-order chi connectivity index (χ0) is 25.5. The fourth-order valence-electron chi connectivity index (χ4n) is 4.61. The number of nitrogens with zero attached hydrogens (tertiary/aromatic N) is 2. The van der Waals surface area contributed by atoms with Crippen molar-refractivity contribution in [2.24, 2.45) is 11.8 Å². The van der Waals surface area contributed by atoms with Crippen molar-refractivity contribution in [3.05, 3.63) is 23.8 Å². The highest BCUT2D eigenvalue weighted by molar-refractivity contribution is 5.99. The van der Waals surface area contributed by atoms with Crippen LogP contribution >= 0.6 is 0 Å². The highest BCUT2D eigenvalue weighted by Gasteiger charge is 2.30. The largest absolute Gasteiger partial charge is 0.491 e. The van der Waals surface area contributed by atoms with Gasteiger partial charge in [-0.05, 0) is 38.0 Å². The molecule has 0 aliphatic carbocycles. The van der Waals surface area contributed by atoms with Crippen LogP contribution in [0.3, 0.4) is 0 Å². The Morgan fingerprint density at radius 2 is 1.89 bits per heavy atom. The van der Waals surface area contributed by atoms with Crippen molar-refractivity contribution in [3.63, 3.8) is 0 Å². The van der Waals surface area contributed by atoms with Crippen molar-refractivity contribution >= 4 is 23.4 Å². The summed E-state index contributed by atoms with van der Waals surface area (Å²) in [5.74, 6) is 0.0910. The molecule has 194 valence electrons. The Bertz CT molecular complexity index is 901. The van der Waals surface area contributed by atoms with E-state index in [1.54, 1.807) is 37.3 Å². The maximum atomic E-state index is 13.5. The van der Waals surface area contributed by atoms with Crippen molar-refractivity contribution in [2.45, 2.75) is 52.2 Å². The summed E-state index contributed by atoms with van der Waals surface area (Å²) in [5.41, 5.74) is 0.908. The molecule has 3 amide bonds. The van der Waals surface area contributed by atoms with Gasteiger partial charge in [0.1, 0.15) is 12.4 Å². The fraction of sp³-hybridized carbons (Fsp3) is 0.654. The van der Waals surface area contributed by atoms with Crippen LogP contribution in [0, 0.1) is 11.8 Å². The number of hydrogen-bond acceptors (Lipinski definition) is 6. The van der Waals surface area contributed by atoms with Gasteiger partial charge in [0.05, 0.1) is 17.7 Å². The van der Waals surface area contributed by atoms with Gasteiger partial charge in [-0.3, -0.25) is 14.4 Å². The first-order valence-electron chi connectivity index (χ1n) is 12.5. The molecule has 0 bridgehead atoms. The minimum Gasteiger partial charge on any atom is -0.491 e. The monoisotopic (exact) mass is 489 g/mol. The van der Waals surface area contributed by atoms with Gasteiger partial charge in [0, 0.05) is 64.4 Å². The van der Waals surface area contributed by atoms with Gasteiger partial charge in [-0.2, -0.15) is 0 Å². The van der Waals surface area contributed by atoms with Gasteiger partial charge in [0.15, 0.2) is 0 Å². The van der Waals surface area contributed by atoms with E-state index in [2.05, 4.69) is 5.32 Å². The Labute approximate surface area is 208 Å². The molecule has 35 heavy (non-hydrogen) atoms. The van der Waals surface area contributed by atoms with Gasteiger partial charge in [0.25, 0.3) is 5.91 Å². The molecule has 1 saturated heterocycles. The van der Waals surface area contributed by atoms with Crippen LogP contribution in [0.5, 0.6) is 5.75 Å². The van der Waals surface area contributed by atoms with Crippen molar-refractivity contribution in [1.82, 2.24) is 9.80 Å². The molecular formula is C26H39N3O6. The third-order valence-electron chi connectivity index (χ3n) is 6.93. The summed E-state index contributed by atoms with van der Waals surface area (Å²) in [6, 6.07) is 4.94. The first-order valence-corrected chi connectivity index (χ1v) is 12.5. The van der Waals surface area contributed by atoms with Crippen LogP contribution in [0.2, 0.25) is 0 Å². The lowest BCUT2D eigenvalue weighted by molar-refractivity contribution is -0.135. The van der Waals surface area contributed by atoms with Gasteiger partial charge in [-0.1, -0.05) is 13.8 Å². The summed E-state index contributed by atoms with van der Waals surface area (Å²) in [7, 11) is 3.35. The van der Waals surface area contributed by atoms with Crippen LogP contribution in [-0.4, -0.2) is 86.7 Å². The zero-order valence-electron chi connectivity index (χ0n) is 21.5. The molecule has 3 rings (SSSR count). The summed E-state index contributed by atoms with van der Waals surface area (Å²) >= 11 is 0. The summed E-state index contributed by atoms with van der Waals surface area (Å²) in [4.78, 5) is 42.3. The lowest BCUT2D eigenvalue weighted by Gasteiger charge is -2.36. The standard InChI is InChI=1S/C26H39N3O6/c1-6-24(30)29-14-17(2)23(33-5)15-28(4)26(32)21-13-20(7-8-22(21)35-16-18(29)3)27-25(31)19-9-11-34-12-10-19/h7-8,13,17-19,23H,6,9-12,14-16H2,1-5H3,(H,27,31)/t17-,18-,23+/m0/s1. The number of carbonyl (C=O) groups is 3. The molecule has 2 aliphatic rings. The molecular weight excluding hydrogens is 450 g/mol. The number of likely N-dealkylation sites (N-methyl/N-ethyl adjacent to an activating group) is 1. The number of nitrogens with one attached hydrogen (secondary N) is 1. The number of methoxy groups -OCH3 is 1. The van der Waals surface area contributed by atoms with E-state index in [4.69, 9.17) is 14.2 Å². The maximum absolute atomic E-state index is 13.5. The molecule has 0 spiro atoms. The van der Waals surface area contributed by atoms with E-state index in [9.17, 15) is 14.4 Å². The lowest BCUT2D eigenvalue weighted by atomic mass is 9.99. The number of anilines is 1. The van der Waals surface area contributed by atoms with Crippen molar-refractivity contribution < 1.29 is 28.6 Å². The van der Waals surface area contributed by atoms with Crippen LogP contribution < -0.4 is 10.1 Å². The van der Waals surface area contributed by atoms with Crippen LogP contribution in [-0.2, 0) is 19.1 Å². The summed E-state index contributed by atoms with van der Waals surface area (Å²) in [6.45, 7) is 8.10. The van der Waals surface area contributed by atoms with Crippen molar-refractivity contribution in [1.29, 1.82) is 0 Å². The molecule has 9 nitrogen and oxygen atoms in total. The second kappa shape index (κ2) is 12.4. The topological polar surface area (TPSA) is 97.4 Å². The first kappa shape index (κ1) is 26.9. The SMILES string of the molecule is CCC(=O)N1C[C@H](C)[C@H](OC)CN(C)C(=O)c2cc(NC(=O)C3CCOCC3)ccc2OC[C@@H]1C. The quantitative estimate of drug-likeness (QED) is 0.699. The second-order valence-corrected chi connectivity index (χ2v) is 9.58. The first-order chi connectivity index (χ1) is 16.7. The molecule has 2 heterocycles. The predicted octanol–water partition coefficient (Wildman–Crippen LogP) is 2.79. The molecule has 2 aliphatic heterocycles. The summed E-state index contributed by atoms with van der Waals surface area (Å²) in [6.07, 6.45) is 1.52. The molecule has 3 atom stereocenters. The average molecular weight is 490 g/mol. The molecule has 9 heteroatoms. The number of carbonyl (C=O) groups excluding carboxylic acids is 3. The molecule has 1 aromatic carbocycles. The number of amides is 3. The average Bonchev–Trinajstić information content (AvgIpc) is 2.88. The Balaban J connectivity index is 1.90. The van der Waals surface area contributed by atoms with E-state index >= 15 is 0 Å². The van der Waals surface area contributed by atoms with E-state index in [1.807, 2.05) is 25.7 Å². The van der Waals surface area contributed by atoms with Crippen molar-refractivity contribution in [3.8, 4) is 5.75 Å². The van der Waals surface area contributed by atoms with E-state index in [1.165, 1.54) is 0 Å². The minimum absolute atomic E-state index is 0.0113. The second-order valence-electron chi connectivity index (χ2n) is 9.58. The summed E-state index contributed by atoms with van der Waals surface area (Å²) < 4.78 is 17.2. The molecule has 1 aromatic rings. The molecule has 0 radical (unpaired) electrons. The van der Waals surface area contributed by atoms with Gasteiger partial charge < -0.3 is 29.3 Å². The van der Waals surface area contributed by atoms with Crippen LogP contribution in [0.4, 0.5) is 5.69 Å². The Kier molecular flexibility index (Phi) is 9.51. The van der Waals surface area contributed by atoms with Crippen molar-refractivity contribution in [2.75, 3.05) is 52.4 Å². The van der Waals surface area contributed by atoms with E-state index in [0.717, 1.165) is 0 Å². The zero-order valence-corrected chi connectivity index (χ0v) is 21.5. The van der Waals surface area contributed by atoms with E-state index in [0.29, 0.717) is 62.6 Å². The minimum atomic E-state index is -0.247. The predicted molar refractivity (Wildman–Crippen MR) is 132 cm³/mol. The molecule has 1 fully saturated rings. The molecule has 1 N–H and O–H groups in total. The fourth-order valence-corrected chi connectivity index (χ4v) is 4.61. The Morgan fingerprint density at radius 3 is 2.54 bits per heavy atom. The van der Waals surface area contributed by atoms with Gasteiger partial charge in [0.2, 0.25) is 11.8 Å². The normalized spacial score (nSPS) is 24.6. The molecule has 0 aromatic heterocycles. The van der Waals surface area contributed by atoms with Crippen LogP contribution in [0.15, 0.2) is 18.2 Å². The molecule has 0 unspecified atom stereocenters. The lowest BCUT2D eigenvalue weighted by Crippen LogP contribution is -2.48.